The van der Waals surface area contributed by atoms with Gasteiger partial charge in [0.25, 0.3) is 5.91 Å². The summed E-state index contributed by atoms with van der Waals surface area (Å²) in [7, 11) is 2.27. The van der Waals surface area contributed by atoms with E-state index in [1.807, 2.05) is 0 Å². The zero-order chi connectivity index (χ0) is 22.3. The van der Waals surface area contributed by atoms with E-state index in [2.05, 4.69) is 35.6 Å². The molecular weight excluding hydrogens is 446 g/mol. The Bertz CT molecular complexity index is 888. The second kappa shape index (κ2) is 10.5. The van der Waals surface area contributed by atoms with E-state index >= 15 is 0 Å². The Balaban J connectivity index is 2.20. The molecule has 1 aliphatic heterocycles. The molecule has 0 bridgehead atoms. The minimum absolute atomic E-state index is 0.0263. The summed E-state index contributed by atoms with van der Waals surface area (Å²) in [6.07, 6.45) is 0. The van der Waals surface area contributed by atoms with Crippen LogP contribution >= 0.6 is 22.9 Å². The molecule has 13 nitrogen and oxygen atoms in total. The second-order valence-electron chi connectivity index (χ2n) is 5.47. The van der Waals surface area contributed by atoms with Crippen LogP contribution in [0.25, 0.3) is 0 Å². The number of thiazole rings is 1. The fourth-order valence-electron chi connectivity index (χ4n) is 2.07. The number of amides is 3. The molecule has 2 heterocycles. The molecule has 1 aromatic rings. The van der Waals surface area contributed by atoms with Gasteiger partial charge in [0, 0.05) is 5.38 Å². The molecule has 0 spiro atoms. The molecule has 162 valence electrons. The lowest BCUT2D eigenvalue weighted by Crippen LogP contribution is -2.72. The highest BCUT2D eigenvalue weighted by molar-refractivity contribution is 7.14. The van der Waals surface area contributed by atoms with Crippen LogP contribution < -0.4 is 16.0 Å². The Morgan fingerprint density at radius 1 is 1.30 bits per heavy atom. The number of aromatic nitrogens is 1. The van der Waals surface area contributed by atoms with Gasteiger partial charge in [0.1, 0.15) is 17.6 Å². The van der Waals surface area contributed by atoms with Crippen molar-refractivity contribution in [1.29, 1.82) is 0 Å². The number of hydrogen-bond acceptors (Lipinski definition) is 11. The predicted molar refractivity (Wildman–Crippen MR) is 102 cm³/mol. The summed E-state index contributed by atoms with van der Waals surface area (Å²) in [4.78, 5) is 67.4. The summed E-state index contributed by atoms with van der Waals surface area (Å²) in [6.45, 7) is -0.595. The second-order valence-corrected chi connectivity index (χ2v) is 6.60. The molecule has 0 aliphatic carbocycles. The maximum absolute atomic E-state index is 12.7. The molecule has 1 aromatic heterocycles. The third-order valence-electron chi connectivity index (χ3n) is 3.55. The Hall–Kier alpha value is -3.26. The molecule has 3 N–H and O–H groups in total. The van der Waals surface area contributed by atoms with E-state index in [9.17, 15) is 24.0 Å². The number of oxime groups is 1. The summed E-state index contributed by atoms with van der Waals surface area (Å²) in [5.74, 6) is -3.86. The number of nitrogens with one attached hydrogen (secondary N) is 3. The predicted octanol–water partition coefficient (Wildman–Crippen LogP) is -1.63. The number of alkyl halides is 1. The molecule has 15 heteroatoms. The van der Waals surface area contributed by atoms with Crippen LogP contribution in [0.15, 0.2) is 10.5 Å². The van der Waals surface area contributed by atoms with Crippen molar-refractivity contribution in [3.05, 3.63) is 11.1 Å². The van der Waals surface area contributed by atoms with Gasteiger partial charge in [-0.15, -0.1) is 22.9 Å². The van der Waals surface area contributed by atoms with Gasteiger partial charge in [-0.25, -0.2) is 14.6 Å². The number of halogens is 1. The Morgan fingerprint density at radius 2 is 2.03 bits per heavy atom. The van der Waals surface area contributed by atoms with Crippen molar-refractivity contribution in [2.75, 3.05) is 32.0 Å². The molecule has 1 saturated heterocycles. The van der Waals surface area contributed by atoms with Gasteiger partial charge in [-0.3, -0.25) is 14.4 Å². The van der Waals surface area contributed by atoms with Crippen LogP contribution in [0.2, 0.25) is 0 Å². The van der Waals surface area contributed by atoms with Crippen LogP contribution in [-0.4, -0.2) is 79.1 Å². The first-order chi connectivity index (χ1) is 14.3. The number of anilines is 1. The minimum Gasteiger partial charge on any atom is -0.467 e. The first-order valence-corrected chi connectivity index (χ1v) is 9.49. The maximum atomic E-state index is 12.7. The van der Waals surface area contributed by atoms with Crippen molar-refractivity contribution in [3.63, 3.8) is 0 Å². The molecule has 0 unspecified atom stereocenters. The number of hydrogen-bond donors (Lipinski definition) is 3. The lowest BCUT2D eigenvalue weighted by atomic mass is 9.99. The third kappa shape index (κ3) is 5.64. The van der Waals surface area contributed by atoms with Crippen molar-refractivity contribution in [2.45, 2.75) is 12.1 Å². The van der Waals surface area contributed by atoms with Gasteiger partial charge in [-0.2, -0.15) is 0 Å². The molecule has 2 atom stereocenters. The van der Waals surface area contributed by atoms with Crippen molar-refractivity contribution in [3.8, 4) is 0 Å². The molecule has 30 heavy (non-hydrogen) atoms. The van der Waals surface area contributed by atoms with E-state index in [0.717, 1.165) is 25.6 Å². The minimum atomic E-state index is -1.20. The molecule has 3 amide bonds. The Labute approximate surface area is 178 Å². The van der Waals surface area contributed by atoms with Crippen molar-refractivity contribution >= 4 is 63.4 Å². The Kier molecular flexibility index (Phi) is 8.06. The van der Waals surface area contributed by atoms with Crippen LogP contribution in [0.3, 0.4) is 0 Å². The molecule has 1 fully saturated rings. The smallest absolute Gasteiger partial charge is 0.346 e. The average molecular weight is 462 g/mol. The highest BCUT2D eigenvalue weighted by Crippen LogP contribution is 2.17. The van der Waals surface area contributed by atoms with E-state index < -0.39 is 54.1 Å². The lowest BCUT2D eigenvalue weighted by Gasteiger charge is -2.34. The first-order valence-electron chi connectivity index (χ1n) is 8.08. The topological polar surface area (TPSA) is 174 Å². The maximum Gasteiger partial charge on any atom is 0.346 e. The highest BCUT2D eigenvalue weighted by Gasteiger charge is 2.46. The average Bonchev–Trinajstić information content (AvgIpc) is 3.19. The van der Waals surface area contributed by atoms with E-state index in [1.165, 1.54) is 5.38 Å². The molecular formula is C15H16ClN5O8S. The summed E-state index contributed by atoms with van der Waals surface area (Å²) < 4.78 is 8.95. The normalized spacial score (nSPS) is 17.8. The van der Waals surface area contributed by atoms with Crippen LogP contribution in [0.5, 0.6) is 0 Å². The van der Waals surface area contributed by atoms with Crippen LogP contribution in [0.4, 0.5) is 5.13 Å². The van der Waals surface area contributed by atoms with Gasteiger partial charge in [0.05, 0.1) is 14.2 Å². The summed E-state index contributed by atoms with van der Waals surface area (Å²) in [6, 6.07) is -2.28. The zero-order valence-corrected chi connectivity index (χ0v) is 17.2. The SMILES string of the molecule is COC(=O)CON=C(C(=O)N[C@@H]1C(=O)N[C@@H]1C(=O)OC)c1csc(NC(=O)CCl)n1. The van der Waals surface area contributed by atoms with Crippen LogP contribution in [-0.2, 0) is 38.3 Å². The molecule has 0 radical (unpaired) electrons. The molecule has 0 saturated carbocycles. The largest absolute Gasteiger partial charge is 0.467 e. The van der Waals surface area contributed by atoms with Gasteiger partial charge >= 0.3 is 11.9 Å². The summed E-state index contributed by atoms with van der Waals surface area (Å²) >= 11 is 6.38. The van der Waals surface area contributed by atoms with Gasteiger partial charge < -0.3 is 30.3 Å². The first kappa shape index (κ1) is 23.0. The molecule has 1 aliphatic rings. The number of esters is 2. The number of rotatable bonds is 9. The van der Waals surface area contributed by atoms with Gasteiger partial charge in [-0.05, 0) is 0 Å². The molecule has 2 rings (SSSR count). The number of ether oxygens (including phenoxy) is 2. The van der Waals surface area contributed by atoms with E-state index in [1.54, 1.807) is 0 Å². The van der Waals surface area contributed by atoms with Crippen molar-refractivity contribution in [1.82, 2.24) is 15.6 Å². The van der Waals surface area contributed by atoms with E-state index in [0.29, 0.717) is 0 Å². The zero-order valence-electron chi connectivity index (χ0n) is 15.6. The number of carbonyl (C=O) groups excluding carboxylic acids is 5. The highest BCUT2D eigenvalue weighted by atomic mass is 35.5. The Morgan fingerprint density at radius 3 is 2.63 bits per heavy atom. The summed E-state index contributed by atoms with van der Waals surface area (Å²) in [5, 5.41) is 12.1. The number of nitrogens with zero attached hydrogens (tertiary/aromatic N) is 2. The summed E-state index contributed by atoms with van der Waals surface area (Å²) in [5.41, 5.74) is -0.438. The quantitative estimate of drug-likeness (QED) is 0.128. The standard InChI is InChI=1S/C15H16ClN5O8S/c1-27-8(23)4-29-21-9(6-5-30-15(17-6)18-7(22)3-16)12(24)19-10-11(14(26)28-2)20-13(10)25/h5,10-11H,3-4H2,1-2H3,(H,19,24)(H,20,25)(H,17,18,22)/t10-,11-/m0/s1. The monoisotopic (exact) mass is 461 g/mol. The number of methoxy groups -OCH3 is 2. The van der Waals surface area contributed by atoms with Crippen LogP contribution in [0, 0.1) is 0 Å². The lowest BCUT2D eigenvalue weighted by molar-refractivity contribution is -0.153. The van der Waals surface area contributed by atoms with E-state index in [-0.39, 0.29) is 16.7 Å². The van der Waals surface area contributed by atoms with Crippen LogP contribution in [0.1, 0.15) is 5.69 Å². The third-order valence-corrected chi connectivity index (χ3v) is 4.55. The fraction of sp³-hybridized carbons (Fsp3) is 0.400. The fourth-order valence-corrected chi connectivity index (χ4v) is 2.85. The number of carbonyl (C=O) groups is 5. The molecule has 0 aromatic carbocycles. The van der Waals surface area contributed by atoms with Gasteiger partial charge in [0.15, 0.2) is 16.9 Å². The van der Waals surface area contributed by atoms with Gasteiger partial charge in [-0.1, -0.05) is 5.16 Å². The van der Waals surface area contributed by atoms with Crippen molar-refractivity contribution < 1.29 is 38.3 Å². The number of β-lactam (4-membered cyclic amide) rings is 1. The van der Waals surface area contributed by atoms with Crippen molar-refractivity contribution in [2.24, 2.45) is 5.16 Å². The van der Waals surface area contributed by atoms with E-state index in [4.69, 9.17) is 16.4 Å². The van der Waals surface area contributed by atoms with Gasteiger partial charge in [0.2, 0.25) is 18.4 Å².